The largest absolute Gasteiger partial charge is 0.493 e. The number of hydrogen-bond acceptors (Lipinski definition) is 4. The van der Waals surface area contributed by atoms with Crippen LogP contribution in [0.5, 0.6) is 11.5 Å². The summed E-state index contributed by atoms with van der Waals surface area (Å²) in [6.45, 7) is 0.423. The molecule has 5 heteroatoms. The first-order valence-corrected chi connectivity index (χ1v) is 9.09. The summed E-state index contributed by atoms with van der Waals surface area (Å²) < 4.78 is 10.5. The van der Waals surface area contributed by atoms with Crippen molar-refractivity contribution in [2.75, 3.05) is 20.8 Å². The molecule has 0 aromatic heterocycles. The van der Waals surface area contributed by atoms with Crippen LogP contribution in [-0.4, -0.2) is 33.0 Å². The molecule has 0 saturated carbocycles. The number of aldehydes is 1. The Morgan fingerprint density at radius 2 is 1.71 bits per heavy atom. The Morgan fingerprint density at radius 1 is 0.964 bits per heavy atom. The van der Waals surface area contributed by atoms with Gasteiger partial charge in [-0.2, -0.15) is 0 Å². The van der Waals surface area contributed by atoms with Gasteiger partial charge in [-0.3, -0.25) is 4.79 Å². The average Bonchev–Trinajstić information content (AvgIpc) is 2.74. The molecule has 1 atom stereocenters. The lowest BCUT2D eigenvalue weighted by molar-refractivity contribution is -0.125. The van der Waals surface area contributed by atoms with Gasteiger partial charge in [0.25, 0.3) is 0 Å². The summed E-state index contributed by atoms with van der Waals surface area (Å²) in [6.07, 6.45) is 1.31. The SMILES string of the molecule is COc1ccc(CCNC(=O)C(C=O)c2ccc3ccccc3c2)cc1OC. The van der Waals surface area contributed by atoms with Crippen molar-refractivity contribution < 1.29 is 19.1 Å². The number of benzene rings is 3. The third kappa shape index (κ3) is 4.31. The highest BCUT2D eigenvalue weighted by Gasteiger charge is 2.19. The van der Waals surface area contributed by atoms with Crippen LogP contribution in [0.3, 0.4) is 0 Å². The summed E-state index contributed by atoms with van der Waals surface area (Å²) in [4.78, 5) is 24.1. The van der Waals surface area contributed by atoms with E-state index in [1.807, 2.05) is 60.7 Å². The standard InChI is InChI=1S/C23H23NO4/c1-27-21-10-7-16(13-22(21)28-2)11-12-24-23(26)20(15-25)19-9-8-17-5-3-4-6-18(17)14-19/h3-10,13-15,20H,11-12H2,1-2H3,(H,24,26). The molecular weight excluding hydrogens is 354 g/mol. The predicted octanol–water partition coefficient (Wildman–Crippen LogP) is 3.50. The topological polar surface area (TPSA) is 64.6 Å². The number of methoxy groups -OCH3 is 2. The molecule has 0 aliphatic heterocycles. The van der Waals surface area contributed by atoms with Gasteiger partial charge in [-0.15, -0.1) is 0 Å². The van der Waals surface area contributed by atoms with Crippen LogP contribution in [0.2, 0.25) is 0 Å². The molecule has 3 aromatic rings. The molecule has 0 radical (unpaired) electrons. The molecule has 5 nitrogen and oxygen atoms in total. The van der Waals surface area contributed by atoms with Crippen molar-refractivity contribution >= 4 is 23.0 Å². The summed E-state index contributed by atoms with van der Waals surface area (Å²) in [6, 6.07) is 19.1. The average molecular weight is 377 g/mol. The van der Waals surface area contributed by atoms with Gasteiger partial charge in [-0.05, 0) is 46.5 Å². The lowest BCUT2D eigenvalue weighted by atomic mass is 9.96. The van der Waals surface area contributed by atoms with E-state index in [9.17, 15) is 9.59 Å². The third-order valence-electron chi connectivity index (χ3n) is 4.71. The van der Waals surface area contributed by atoms with Crippen LogP contribution in [0.1, 0.15) is 17.0 Å². The molecule has 0 aliphatic rings. The zero-order valence-electron chi connectivity index (χ0n) is 16.0. The van der Waals surface area contributed by atoms with Crippen LogP contribution in [0.4, 0.5) is 0 Å². The van der Waals surface area contributed by atoms with Crippen molar-refractivity contribution in [1.29, 1.82) is 0 Å². The predicted molar refractivity (Wildman–Crippen MR) is 109 cm³/mol. The van der Waals surface area contributed by atoms with Gasteiger partial charge in [-0.1, -0.05) is 42.5 Å². The zero-order chi connectivity index (χ0) is 19.9. The van der Waals surface area contributed by atoms with E-state index in [0.29, 0.717) is 36.3 Å². The van der Waals surface area contributed by atoms with E-state index in [4.69, 9.17) is 9.47 Å². The van der Waals surface area contributed by atoms with E-state index < -0.39 is 5.92 Å². The molecule has 3 rings (SSSR count). The highest BCUT2D eigenvalue weighted by Crippen LogP contribution is 2.27. The maximum absolute atomic E-state index is 12.5. The Labute approximate surface area is 164 Å². The van der Waals surface area contributed by atoms with Crippen LogP contribution in [0.25, 0.3) is 10.8 Å². The normalized spacial score (nSPS) is 11.6. The molecule has 3 aromatic carbocycles. The quantitative estimate of drug-likeness (QED) is 0.482. The van der Waals surface area contributed by atoms with Gasteiger partial charge in [-0.25, -0.2) is 0 Å². The third-order valence-corrected chi connectivity index (χ3v) is 4.71. The molecular formula is C23H23NO4. The number of carbonyl (C=O) groups excluding carboxylic acids is 2. The number of nitrogens with one attached hydrogen (secondary N) is 1. The number of rotatable bonds is 8. The van der Waals surface area contributed by atoms with E-state index >= 15 is 0 Å². The Balaban J connectivity index is 1.64. The Hall–Kier alpha value is -3.34. The highest BCUT2D eigenvalue weighted by molar-refractivity contribution is 5.98. The lowest BCUT2D eigenvalue weighted by Gasteiger charge is -2.13. The highest BCUT2D eigenvalue weighted by atomic mass is 16.5. The van der Waals surface area contributed by atoms with Crippen molar-refractivity contribution in [1.82, 2.24) is 5.32 Å². The molecule has 0 saturated heterocycles. The monoisotopic (exact) mass is 377 g/mol. The first-order chi connectivity index (χ1) is 13.7. The maximum atomic E-state index is 12.5. The van der Waals surface area contributed by atoms with Gasteiger partial charge in [0.15, 0.2) is 11.5 Å². The van der Waals surface area contributed by atoms with Crippen LogP contribution < -0.4 is 14.8 Å². The first kappa shape index (κ1) is 19.4. The molecule has 0 aliphatic carbocycles. The van der Waals surface area contributed by atoms with Crippen LogP contribution in [-0.2, 0) is 16.0 Å². The lowest BCUT2D eigenvalue weighted by Crippen LogP contribution is -2.31. The second-order valence-electron chi connectivity index (χ2n) is 6.45. The van der Waals surface area contributed by atoms with Crippen molar-refractivity contribution in [3.05, 3.63) is 71.8 Å². The maximum Gasteiger partial charge on any atom is 0.234 e. The van der Waals surface area contributed by atoms with Gasteiger partial charge < -0.3 is 19.6 Å². The Bertz CT molecular complexity index is 983. The summed E-state index contributed by atoms with van der Waals surface area (Å²) in [7, 11) is 3.17. The minimum Gasteiger partial charge on any atom is -0.493 e. The molecule has 0 bridgehead atoms. The minimum atomic E-state index is -0.824. The van der Waals surface area contributed by atoms with E-state index in [1.165, 1.54) is 0 Å². The molecule has 0 heterocycles. The van der Waals surface area contributed by atoms with Gasteiger partial charge in [0, 0.05) is 6.54 Å². The Kier molecular flexibility index (Phi) is 6.27. The van der Waals surface area contributed by atoms with Crippen molar-refractivity contribution in [2.24, 2.45) is 0 Å². The number of ether oxygens (including phenoxy) is 2. The van der Waals surface area contributed by atoms with Gasteiger partial charge in [0.1, 0.15) is 12.2 Å². The van der Waals surface area contributed by atoms with E-state index in [-0.39, 0.29) is 5.91 Å². The number of fused-ring (bicyclic) bond motifs is 1. The van der Waals surface area contributed by atoms with Crippen molar-refractivity contribution in [2.45, 2.75) is 12.3 Å². The number of carbonyl (C=O) groups is 2. The fraction of sp³-hybridized carbons (Fsp3) is 0.217. The minimum absolute atomic E-state index is 0.300. The fourth-order valence-corrected chi connectivity index (χ4v) is 3.17. The van der Waals surface area contributed by atoms with Gasteiger partial charge in [0.05, 0.1) is 14.2 Å². The molecule has 144 valence electrons. The smallest absolute Gasteiger partial charge is 0.234 e. The first-order valence-electron chi connectivity index (χ1n) is 9.09. The summed E-state index contributed by atoms with van der Waals surface area (Å²) in [5.41, 5.74) is 1.70. The van der Waals surface area contributed by atoms with Crippen LogP contribution >= 0.6 is 0 Å². The number of amides is 1. The molecule has 28 heavy (non-hydrogen) atoms. The Morgan fingerprint density at radius 3 is 2.43 bits per heavy atom. The second-order valence-corrected chi connectivity index (χ2v) is 6.45. The van der Waals surface area contributed by atoms with E-state index in [1.54, 1.807) is 14.2 Å². The summed E-state index contributed by atoms with van der Waals surface area (Å²) in [5.74, 6) is 0.182. The summed E-state index contributed by atoms with van der Waals surface area (Å²) in [5, 5.41) is 4.93. The van der Waals surface area contributed by atoms with Gasteiger partial charge in [0.2, 0.25) is 5.91 Å². The molecule has 0 spiro atoms. The van der Waals surface area contributed by atoms with Gasteiger partial charge >= 0.3 is 0 Å². The molecule has 1 N–H and O–H groups in total. The summed E-state index contributed by atoms with van der Waals surface area (Å²) >= 11 is 0. The van der Waals surface area contributed by atoms with E-state index in [0.717, 1.165) is 16.3 Å². The molecule has 1 amide bonds. The van der Waals surface area contributed by atoms with Crippen molar-refractivity contribution in [3.8, 4) is 11.5 Å². The van der Waals surface area contributed by atoms with Crippen LogP contribution in [0, 0.1) is 0 Å². The van der Waals surface area contributed by atoms with E-state index in [2.05, 4.69) is 5.32 Å². The fourth-order valence-electron chi connectivity index (χ4n) is 3.17. The second kappa shape index (κ2) is 9.04. The molecule has 1 unspecified atom stereocenters. The zero-order valence-corrected chi connectivity index (χ0v) is 16.0. The number of hydrogen-bond donors (Lipinski definition) is 1. The van der Waals surface area contributed by atoms with Crippen molar-refractivity contribution in [3.63, 3.8) is 0 Å². The van der Waals surface area contributed by atoms with Crippen LogP contribution in [0.15, 0.2) is 60.7 Å². The molecule has 0 fully saturated rings.